The van der Waals surface area contributed by atoms with Crippen LogP contribution in [-0.4, -0.2) is 53.7 Å². The summed E-state index contributed by atoms with van der Waals surface area (Å²) in [4.78, 5) is 4.59. The van der Waals surface area contributed by atoms with Crippen molar-refractivity contribution in [1.29, 1.82) is 0 Å². The molecule has 35 heavy (non-hydrogen) atoms. The molecule has 0 amide bonds. The second kappa shape index (κ2) is 9.89. The molecule has 2 aliphatic rings. The predicted octanol–water partition coefficient (Wildman–Crippen LogP) is 3.60. The molecule has 5 rings (SSSR count). The van der Waals surface area contributed by atoms with E-state index < -0.39 is 10.0 Å². The number of rotatable bonds is 7. The van der Waals surface area contributed by atoms with Gasteiger partial charge in [-0.05, 0) is 47.4 Å². The number of nitrogens with one attached hydrogen (secondary N) is 1. The standard InChI is InChI=1S/C27H31N3O4S/c1-29(2)23-9-7-21(8-10-23)25(30-14-13-20-5-3-4-6-22(20)19-30)18-28-35(31,32)24-11-12-26-27(17-24)34-16-15-33-26/h3-12,17,25,28H,13-16,18-19H2,1-2H3. The summed E-state index contributed by atoms with van der Waals surface area (Å²) >= 11 is 0. The van der Waals surface area contributed by atoms with Gasteiger partial charge >= 0.3 is 0 Å². The summed E-state index contributed by atoms with van der Waals surface area (Å²) in [6.07, 6.45) is 0.942. The number of ether oxygens (including phenoxy) is 2. The molecule has 0 aliphatic carbocycles. The molecule has 8 heteroatoms. The summed E-state index contributed by atoms with van der Waals surface area (Å²) in [6.45, 7) is 2.78. The Morgan fingerprint density at radius 2 is 1.66 bits per heavy atom. The molecule has 184 valence electrons. The minimum atomic E-state index is -3.74. The third-order valence-corrected chi connectivity index (χ3v) is 8.11. The molecule has 0 radical (unpaired) electrons. The van der Waals surface area contributed by atoms with E-state index >= 15 is 0 Å². The molecule has 0 fully saturated rings. The molecule has 0 saturated heterocycles. The summed E-state index contributed by atoms with van der Waals surface area (Å²) in [7, 11) is 0.281. The Kier molecular flexibility index (Phi) is 6.69. The lowest BCUT2D eigenvalue weighted by molar-refractivity contribution is 0.171. The van der Waals surface area contributed by atoms with Crippen LogP contribution in [0, 0.1) is 0 Å². The summed E-state index contributed by atoms with van der Waals surface area (Å²) in [6, 6.07) is 21.5. The van der Waals surface area contributed by atoms with E-state index in [9.17, 15) is 8.42 Å². The van der Waals surface area contributed by atoms with Crippen LogP contribution in [0.3, 0.4) is 0 Å². The van der Waals surface area contributed by atoms with Gasteiger partial charge in [0.15, 0.2) is 11.5 Å². The van der Waals surface area contributed by atoms with Crippen LogP contribution in [-0.2, 0) is 23.0 Å². The van der Waals surface area contributed by atoms with Gasteiger partial charge in [0.05, 0.1) is 4.90 Å². The summed E-state index contributed by atoms with van der Waals surface area (Å²) in [5.41, 5.74) is 4.85. The fraction of sp³-hybridized carbons (Fsp3) is 0.333. The fourth-order valence-electron chi connectivity index (χ4n) is 4.70. The molecule has 1 N–H and O–H groups in total. The average Bonchev–Trinajstić information content (AvgIpc) is 2.88. The number of anilines is 1. The van der Waals surface area contributed by atoms with Gasteiger partial charge in [-0.15, -0.1) is 0 Å². The van der Waals surface area contributed by atoms with E-state index in [1.165, 1.54) is 17.2 Å². The number of hydrogen-bond donors (Lipinski definition) is 1. The van der Waals surface area contributed by atoms with Gasteiger partial charge in [0.2, 0.25) is 10.0 Å². The molecule has 3 aromatic carbocycles. The first-order chi connectivity index (χ1) is 16.9. The van der Waals surface area contributed by atoms with Crippen molar-refractivity contribution in [2.45, 2.75) is 23.9 Å². The summed E-state index contributed by atoms with van der Waals surface area (Å²) in [5.74, 6) is 1.03. The Morgan fingerprint density at radius 3 is 2.40 bits per heavy atom. The minimum Gasteiger partial charge on any atom is -0.486 e. The molecule has 2 heterocycles. The first kappa shape index (κ1) is 23.7. The van der Waals surface area contributed by atoms with E-state index in [2.05, 4.69) is 63.1 Å². The lowest BCUT2D eigenvalue weighted by Gasteiger charge is -2.36. The van der Waals surface area contributed by atoms with Crippen molar-refractivity contribution < 1.29 is 17.9 Å². The Hall–Kier alpha value is -3.07. The van der Waals surface area contributed by atoms with Crippen LogP contribution in [0.2, 0.25) is 0 Å². The highest BCUT2D eigenvalue weighted by molar-refractivity contribution is 7.89. The smallest absolute Gasteiger partial charge is 0.240 e. The third-order valence-electron chi connectivity index (χ3n) is 6.69. The second-order valence-electron chi connectivity index (χ2n) is 9.15. The maximum absolute atomic E-state index is 13.2. The zero-order chi connectivity index (χ0) is 24.4. The Labute approximate surface area is 207 Å². The average molecular weight is 494 g/mol. The monoisotopic (exact) mass is 493 g/mol. The van der Waals surface area contributed by atoms with E-state index in [1.54, 1.807) is 12.1 Å². The molecule has 1 unspecified atom stereocenters. The summed E-state index contributed by atoms with van der Waals surface area (Å²) in [5, 5.41) is 0. The van der Waals surface area contributed by atoms with Gasteiger partial charge in [0.25, 0.3) is 0 Å². The topological polar surface area (TPSA) is 71.1 Å². The predicted molar refractivity (Wildman–Crippen MR) is 137 cm³/mol. The highest BCUT2D eigenvalue weighted by Crippen LogP contribution is 2.33. The maximum atomic E-state index is 13.2. The molecule has 2 aliphatic heterocycles. The van der Waals surface area contributed by atoms with Gasteiger partial charge in [0, 0.05) is 51.5 Å². The van der Waals surface area contributed by atoms with E-state index in [1.807, 2.05) is 14.1 Å². The van der Waals surface area contributed by atoms with Crippen LogP contribution < -0.4 is 19.1 Å². The van der Waals surface area contributed by atoms with Crippen LogP contribution in [0.15, 0.2) is 71.6 Å². The van der Waals surface area contributed by atoms with E-state index in [0.717, 1.165) is 30.8 Å². The van der Waals surface area contributed by atoms with Gasteiger partial charge < -0.3 is 14.4 Å². The van der Waals surface area contributed by atoms with E-state index in [4.69, 9.17) is 9.47 Å². The van der Waals surface area contributed by atoms with Crippen molar-refractivity contribution in [3.05, 3.63) is 83.4 Å². The molecule has 3 aromatic rings. The third kappa shape index (κ3) is 5.15. The molecule has 0 aromatic heterocycles. The van der Waals surface area contributed by atoms with Crippen molar-refractivity contribution in [2.75, 3.05) is 45.3 Å². The SMILES string of the molecule is CN(C)c1ccc(C(CNS(=O)(=O)c2ccc3c(c2)OCCO3)N2CCc3ccccc3C2)cc1. The lowest BCUT2D eigenvalue weighted by atomic mass is 9.96. The number of fused-ring (bicyclic) bond motifs is 2. The van der Waals surface area contributed by atoms with Crippen LogP contribution in [0.1, 0.15) is 22.7 Å². The van der Waals surface area contributed by atoms with Gasteiger partial charge in [-0.1, -0.05) is 36.4 Å². The Balaban J connectivity index is 1.40. The lowest BCUT2D eigenvalue weighted by Crippen LogP contribution is -2.40. The minimum absolute atomic E-state index is 0.105. The maximum Gasteiger partial charge on any atom is 0.240 e. The normalized spacial score (nSPS) is 16.4. The largest absolute Gasteiger partial charge is 0.486 e. The van der Waals surface area contributed by atoms with Crippen LogP contribution >= 0.6 is 0 Å². The number of sulfonamides is 1. The van der Waals surface area contributed by atoms with Crippen molar-refractivity contribution in [3.63, 3.8) is 0 Å². The molecule has 0 bridgehead atoms. The molecule has 1 atom stereocenters. The zero-order valence-corrected chi connectivity index (χ0v) is 20.9. The van der Waals surface area contributed by atoms with Crippen molar-refractivity contribution in [3.8, 4) is 11.5 Å². The molecule has 0 spiro atoms. The van der Waals surface area contributed by atoms with Crippen molar-refractivity contribution in [2.24, 2.45) is 0 Å². The van der Waals surface area contributed by atoms with Crippen LogP contribution in [0.4, 0.5) is 5.69 Å². The second-order valence-corrected chi connectivity index (χ2v) is 10.9. The molecule has 7 nitrogen and oxygen atoms in total. The van der Waals surface area contributed by atoms with E-state index in [-0.39, 0.29) is 17.5 Å². The molecular formula is C27H31N3O4S. The van der Waals surface area contributed by atoms with Gasteiger partial charge in [-0.25, -0.2) is 13.1 Å². The molecule has 0 saturated carbocycles. The van der Waals surface area contributed by atoms with Gasteiger partial charge in [0.1, 0.15) is 13.2 Å². The Bertz CT molecular complexity index is 1290. The quantitative estimate of drug-likeness (QED) is 0.542. The number of benzene rings is 3. The van der Waals surface area contributed by atoms with Gasteiger partial charge in [-0.3, -0.25) is 4.90 Å². The zero-order valence-electron chi connectivity index (χ0n) is 20.1. The molecular weight excluding hydrogens is 462 g/mol. The highest BCUT2D eigenvalue weighted by Gasteiger charge is 2.27. The highest BCUT2D eigenvalue weighted by atomic mass is 32.2. The van der Waals surface area contributed by atoms with Crippen LogP contribution in [0.25, 0.3) is 0 Å². The number of hydrogen-bond acceptors (Lipinski definition) is 6. The van der Waals surface area contributed by atoms with Crippen LogP contribution in [0.5, 0.6) is 11.5 Å². The van der Waals surface area contributed by atoms with Crippen molar-refractivity contribution >= 4 is 15.7 Å². The van der Waals surface area contributed by atoms with Crippen molar-refractivity contribution in [1.82, 2.24) is 9.62 Å². The number of nitrogens with zero attached hydrogens (tertiary/aromatic N) is 2. The first-order valence-electron chi connectivity index (χ1n) is 11.9. The fourth-order valence-corrected chi connectivity index (χ4v) is 5.75. The van der Waals surface area contributed by atoms with Gasteiger partial charge in [-0.2, -0.15) is 0 Å². The summed E-state index contributed by atoms with van der Waals surface area (Å²) < 4.78 is 40.5. The van der Waals surface area contributed by atoms with E-state index in [0.29, 0.717) is 24.7 Å². The Morgan fingerprint density at radius 1 is 0.943 bits per heavy atom. The first-order valence-corrected chi connectivity index (χ1v) is 13.4.